The second kappa shape index (κ2) is 6.30. The number of anilines is 1. The molecule has 3 aromatic rings. The van der Waals surface area contributed by atoms with E-state index in [1.165, 1.54) is 71.1 Å². The second-order valence-electron chi connectivity index (χ2n) is 8.47. The van der Waals surface area contributed by atoms with Crippen molar-refractivity contribution in [3.63, 3.8) is 0 Å². The van der Waals surface area contributed by atoms with Gasteiger partial charge in [-0.2, -0.15) is 0 Å². The number of aromatic nitrogens is 1. The first-order chi connectivity index (χ1) is 13.1. The van der Waals surface area contributed by atoms with E-state index >= 15 is 0 Å². The quantitative estimate of drug-likeness (QED) is 0.541. The van der Waals surface area contributed by atoms with E-state index in [4.69, 9.17) is 0 Å². The second-order valence-corrected chi connectivity index (χ2v) is 8.47. The number of benzene rings is 2. The van der Waals surface area contributed by atoms with Crippen LogP contribution >= 0.6 is 0 Å². The summed E-state index contributed by atoms with van der Waals surface area (Å²) in [7, 11) is 2.13. The lowest BCUT2D eigenvalue weighted by Gasteiger charge is -2.20. The van der Waals surface area contributed by atoms with Crippen molar-refractivity contribution < 1.29 is 0 Å². The molecule has 1 fully saturated rings. The third-order valence-electron chi connectivity index (χ3n) is 6.72. The Kier molecular flexibility index (Phi) is 3.89. The fourth-order valence-electron chi connectivity index (χ4n) is 5.01. The molecule has 27 heavy (non-hydrogen) atoms. The molecule has 1 aliphatic carbocycles. The van der Waals surface area contributed by atoms with E-state index in [0.29, 0.717) is 0 Å². The van der Waals surface area contributed by atoms with Crippen molar-refractivity contribution in [3.05, 3.63) is 71.4 Å². The summed E-state index contributed by atoms with van der Waals surface area (Å²) >= 11 is 0. The van der Waals surface area contributed by atoms with Crippen LogP contribution in [0.2, 0.25) is 0 Å². The van der Waals surface area contributed by atoms with Crippen molar-refractivity contribution in [1.29, 1.82) is 0 Å². The van der Waals surface area contributed by atoms with E-state index in [2.05, 4.69) is 72.5 Å². The normalized spacial score (nSPS) is 17.3. The van der Waals surface area contributed by atoms with Gasteiger partial charge in [0.1, 0.15) is 0 Å². The van der Waals surface area contributed by atoms with E-state index in [-0.39, 0.29) is 0 Å². The molecule has 0 spiro atoms. The molecule has 0 saturated heterocycles. The molecular weight excluding hydrogens is 328 g/mol. The van der Waals surface area contributed by atoms with Gasteiger partial charge in [-0.25, -0.2) is 0 Å². The highest BCUT2D eigenvalue weighted by Gasteiger charge is 2.25. The van der Waals surface area contributed by atoms with Crippen LogP contribution in [0, 0.1) is 12.8 Å². The maximum absolute atomic E-state index is 4.45. The topological polar surface area (TPSA) is 8.17 Å². The van der Waals surface area contributed by atoms with Crippen LogP contribution in [0.25, 0.3) is 16.6 Å². The molecule has 0 radical (unpaired) electrons. The summed E-state index contributed by atoms with van der Waals surface area (Å²) in [6, 6.07) is 16.1. The summed E-state index contributed by atoms with van der Waals surface area (Å²) in [6.45, 7) is 7.54. The number of hydrogen-bond donors (Lipinski definition) is 0. The average molecular weight is 357 g/mol. The van der Waals surface area contributed by atoms with Gasteiger partial charge in [-0.1, -0.05) is 44.4 Å². The predicted molar refractivity (Wildman–Crippen MR) is 115 cm³/mol. The zero-order valence-electron chi connectivity index (χ0n) is 16.5. The van der Waals surface area contributed by atoms with Gasteiger partial charge in [0.25, 0.3) is 0 Å². The molecule has 0 bridgehead atoms. The van der Waals surface area contributed by atoms with Crippen LogP contribution in [0.15, 0.2) is 49.0 Å². The van der Waals surface area contributed by atoms with Gasteiger partial charge in [0.05, 0.1) is 0 Å². The molecule has 2 aromatic carbocycles. The first-order valence-electron chi connectivity index (χ1n) is 10.2. The number of hydrogen-bond acceptors (Lipinski definition) is 1. The Morgan fingerprint density at radius 3 is 2.67 bits per heavy atom. The number of fused-ring (bicyclic) bond motifs is 2. The summed E-state index contributed by atoms with van der Waals surface area (Å²) in [4.78, 5) is 2.37. The number of rotatable bonds is 3. The molecule has 1 saturated carbocycles. The Bertz CT molecular complexity index is 1030. The van der Waals surface area contributed by atoms with Crippen LogP contribution in [-0.2, 0) is 20.0 Å². The highest BCUT2D eigenvalue weighted by Crippen LogP contribution is 2.38. The third-order valence-corrected chi connectivity index (χ3v) is 6.72. The van der Waals surface area contributed by atoms with Gasteiger partial charge in [-0.3, -0.25) is 0 Å². The third kappa shape index (κ3) is 2.79. The maximum Gasteiger partial charge on any atom is 0.0488 e. The molecule has 0 N–H and O–H groups in total. The molecule has 2 nitrogen and oxygen atoms in total. The summed E-state index contributed by atoms with van der Waals surface area (Å²) in [5.74, 6) is 0.887. The molecule has 1 aromatic heterocycles. The Labute approximate surface area is 162 Å². The number of aryl methyl sites for hydroxylation is 2. The molecule has 2 aliphatic rings. The molecule has 0 amide bonds. The van der Waals surface area contributed by atoms with Crippen molar-refractivity contribution in [3.8, 4) is 0 Å². The van der Waals surface area contributed by atoms with E-state index in [1.54, 1.807) is 0 Å². The Hall–Kier alpha value is -2.48. The van der Waals surface area contributed by atoms with Crippen LogP contribution in [0.4, 0.5) is 5.69 Å². The minimum absolute atomic E-state index is 0.887. The molecular formula is C25H28N2. The summed E-state index contributed by atoms with van der Waals surface area (Å²) in [5, 5.41) is 1.30. The van der Waals surface area contributed by atoms with Crippen LogP contribution in [0.5, 0.6) is 0 Å². The first kappa shape index (κ1) is 16.7. The van der Waals surface area contributed by atoms with Crippen LogP contribution in [0.3, 0.4) is 0 Å². The summed E-state index contributed by atoms with van der Waals surface area (Å²) < 4.78 is 2.25. The fraction of sp³-hybridized carbons (Fsp3) is 0.360. The zero-order chi connectivity index (χ0) is 18.5. The smallest absolute Gasteiger partial charge is 0.0488 e. The van der Waals surface area contributed by atoms with Gasteiger partial charge in [0.15, 0.2) is 0 Å². The summed E-state index contributed by atoms with van der Waals surface area (Å²) in [6.07, 6.45) is 6.87. The van der Waals surface area contributed by atoms with E-state index in [9.17, 15) is 0 Å². The van der Waals surface area contributed by atoms with Gasteiger partial charge >= 0.3 is 0 Å². The largest absolute Gasteiger partial charge is 0.348 e. The lowest BCUT2D eigenvalue weighted by Crippen LogP contribution is -2.12. The van der Waals surface area contributed by atoms with Gasteiger partial charge in [-0.15, -0.1) is 0 Å². The molecule has 1 aliphatic heterocycles. The van der Waals surface area contributed by atoms with E-state index < -0.39 is 0 Å². The van der Waals surface area contributed by atoms with Crippen LogP contribution in [-0.4, -0.2) is 4.57 Å². The molecule has 0 atom stereocenters. The lowest BCUT2D eigenvalue weighted by molar-refractivity contribution is 0.546. The SMILES string of the molecule is C=C1c2cc(CC3CCCC3)ccc2CN1c1ccc2c(c1)cc(C)n2C. The Balaban J connectivity index is 1.44. The fourth-order valence-corrected chi connectivity index (χ4v) is 5.01. The van der Waals surface area contributed by atoms with Gasteiger partial charge in [0.2, 0.25) is 0 Å². The van der Waals surface area contributed by atoms with Crippen molar-refractivity contribution in [2.75, 3.05) is 4.90 Å². The standard InChI is InChI=1S/C25H28N2/c1-17-12-22-15-23(10-11-25(22)26(17)3)27-16-21-9-8-20(14-24(21)18(27)2)13-19-6-4-5-7-19/h8-12,14-15,19H,2,4-7,13,16H2,1,3H3. The Morgan fingerprint density at radius 1 is 1.04 bits per heavy atom. The maximum atomic E-state index is 4.45. The molecule has 2 heterocycles. The van der Waals surface area contributed by atoms with Gasteiger partial charge in [-0.05, 0) is 60.7 Å². The first-order valence-corrected chi connectivity index (χ1v) is 10.2. The van der Waals surface area contributed by atoms with Gasteiger partial charge < -0.3 is 9.47 Å². The monoisotopic (exact) mass is 356 g/mol. The van der Waals surface area contributed by atoms with Crippen molar-refractivity contribution in [2.24, 2.45) is 13.0 Å². The molecule has 0 unspecified atom stereocenters. The van der Waals surface area contributed by atoms with Crippen molar-refractivity contribution in [1.82, 2.24) is 4.57 Å². The highest BCUT2D eigenvalue weighted by molar-refractivity contribution is 5.90. The van der Waals surface area contributed by atoms with Crippen LogP contribution < -0.4 is 4.90 Å². The molecule has 5 rings (SSSR count). The van der Waals surface area contributed by atoms with Crippen LogP contribution in [0.1, 0.15) is 48.1 Å². The van der Waals surface area contributed by atoms with E-state index in [0.717, 1.165) is 18.2 Å². The molecule has 2 heteroatoms. The summed E-state index contributed by atoms with van der Waals surface area (Å²) in [5.41, 5.74) is 9.20. The molecule has 138 valence electrons. The van der Waals surface area contributed by atoms with E-state index in [1.807, 2.05) is 0 Å². The predicted octanol–water partition coefficient (Wildman–Crippen LogP) is 6.21. The van der Waals surface area contributed by atoms with Gasteiger partial charge in [0, 0.05) is 47.1 Å². The number of nitrogens with zero attached hydrogens (tertiary/aromatic N) is 2. The average Bonchev–Trinajstić information content (AvgIpc) is 3.36. The minimum atomic E-state index is 0.887. The zero-order valence-corrected chi connectivity index (χ0v) is 16.5. The minimum Gasteiger partial charge on any atom is -0.348 e. The van der Waals surface area contributed by atoms with Crippen molar-refractivity contribution >= 4 is 22.3 Å². The van der Waals surface area contributed by atoms with Crippen molar-refractivity contribution in [2.45, 2.75) is 45.6 Å². The Morgan fingerprint density at radius 2 is 1.85 bits per heavy atom. The lowest BCUT2D eigenvalue weighted by atomic mass is 9.95. The highest BCUT2D eigenvalue weighted by atomic mass is 15.2.